The Labute approximate surface area is 68.9 Å². The van der Waals surface area contributed by atoms with Gasteiger partial charge in [-0.05, 0) is 19.8 Å². The molecule has 0 atom stereocenters. The lowest BCUT2D eigenvalue weighted by Gasteiger charge is -2.27. The maximum Gasteiger partial charge on any atom is 0.264 e. The molecule has 0 rings (SSSR count). The van der Waals surface area contributed by atoms with Crippen LogP contribution < -0.4 is 0 Å². The van der Waals surface area contributed by atoms with Crippen molar-refractivity contribution in [1.29, 1.82) is 0 Å². The predicted molar refractivity (Wildman–Crippen MR) is 44.8 cm³/mol. The van der Waals surface area contributed by atoms with Crippen molar-refractivity contribution in [3.05, 3.63) is 0 Å². The van der Waals surface area contributed by atoms with Gasteiger partial charge >= 0.3 is 0 Å². The third-order valence-corrected chi connectivity index (χ3v) is 2.49. The van der Waals surface area contributed by atoms with E-state index < -0.39 is 15.7 Å². The highest BCUT2D eigenvalue weighted by molar-refractivity contribution is 7.86. The highest BCUT2D eigenvalue weighted by atomic mass is 32.2. The molecule has 4 heteroatoms. The molecule has 0 aliphatic carbocycles. The maximum atomic E-state index is 10.7. The molecule has 0 aliphatic rings. The van der Waals surface area contributed by atoms with Gasteiger partial charge in [0.2, 0.25) is 0 Å². The van der Waals surface area contributed by atoms with Gasteiger partial charge in [-0.25, -0.2) is 0 Å². The van der Waals surface area contributed by atoms with Crippen molar-refractivity contribution in [1.82, 2.24) is 0 Å². The summed E-state index contributed by atoms with van der Waals surface area (Å²) in [5, 5.41) is 0. The highest BCUT2D eigenvalue weighted by Gasteiger charge is 2.27. The normalized spacial score (nSPS) is 14.0. The Hall–Kier alpha value is -0.0900. The molecule has 0 aromatic rings. The van der Waals surface area contributed by atoms with E-state index in [2.05, 4.69) is 0 Å². The monoisotopic (exact) mass is 180 g/mol. The van der Waals surface area contributed by atoms with Crippen LogP contribution >= 0.6 is 0 Å². The number of hydrogen-bond donors (Lipinski definition) is 0. The van der Waals surface area contributed by atoms with Gasteiger partial charge < -0.3 is 0 Å². The molecule has 0 radical (unpaired) electrons. The number of rotatable bonds is 3. The summed E-state index contributed by atoms with van der Waals surface area (Å²) >= 11 is 0. The van der Waals surface area contributed by atoms with Gasteiger partial charge in [0.25, 0.3) is 10.1 Å². The summed E-state index contributed by atoms with van der Waals surface area (Å²) in [7, 11) is -3.33. The average Bonchev–Trinajstić information content (AvgIpc) is 1.56. The molecule has 0 bridgehead atoms. The Morgan fingerprint density at radius 3 is 1.73 bits per heavy atom. The van der Waals surface area contributed by atoms with E-state index in [9.17, 15) is 8.42 Å². The Kier molecular flexibility index (Phi) is 3.08. The molecular formula is C7H16O3S. The van der Waals surface area contributed by atoms with Gasteiger partial charge in [-0.3, -0.25) is 4.18 Å². The van der Waals surface area contributed by atoms with Crippen LogP contribution in [0.4, 0.5) is 0 Å². The zero-order valence-electron chi connectivity index (χ0n) is 7.71. The van der Waals surface area contributed by atoms with Crippen molar-refractivity contribution < 1.29 is 12.6 Å². The molecule has 0 N–H and O–H groups in total. The zero-order chi connectivity index (χ0) is 9.28. The lowest BCUT2D eigenvalue weighted by atomic mass is 9.95. The van der Waals surface area contributed by atoms with Gasteiger partial charge in [0, 0.05) is 0 Å². The fraction of sp³-hybridized carbons (Fsp3) is 1.00. The van der Waals surface area contributed by atoms with Crippen LogP contribution in [0.25, 0.3) is 0 Å². The molecular weight excluding hydrogens is 164 g/mol. The van der Waals surface area contributed by atoms with Gasteiger partial charge in [0.15, 0.2) is 0 Å². The highest BCUT2D eigenvalue weighted by Crippen LogP contribution is 2.21. The van der Waals surface area contributed by atoms with Crippen molar-refractivity contribution in [3.63, 3.8) is 0 Å². The third-order valence-electron chi connectivity index (χ3n) is 1.76. The van der Waals surface area contributed by atoms with Crippen molar-refractivity contribution in [2.24, 2.45) is 5.92 Å². The topological polar surface area (TPSA) is 43.4 Å². The van der Waals surface area contributed by atoms with E-state index in [1.54, 1.807) is 13.8 Å². The van der Waals surface area contributed by atoms with E-state index in [1.165, 1.54) is 0 Å². The standard InChI is InChI=1S/C7H16O3S/c1-6(2)7(3,4)10-11(5,8)9/h6H,1-5H3. The Bertz CT molecular complexity index is 214. The molecule has 0 spiro atoms. The molecule has 0 heterocycles. The second-order valence-corrected chi connectivity index (χ2v) is 5.12. The SMILES string of the molecule is CC(C)C(C)(C)OS(C)(=O)=O. The molecule has 11 heavy (non-hydrogen) atoms. The molecule has 0 aromatic carbocycles. The fourth-order valence-electron chi connectivity index (χ4n) is 0.486. The summed E-state index contributed by atoms with van der Waals surface area (Å²) in [6.45, 7) is 7.37. The van der Waals surface area contributed by atoms with Gasteiger partial charge in [0.1, 0.15) is 0 Å². The first-order valence-corrected chi connectivity index (χ1v) is 5.37. The van der Waals surface area contributed by atoms with Crippen LogP contribution in [0.15, 0.2) is 0 Å². The first kappa shape index (κ1) is 10.9. The Morgan fingerprint density at radius 2 is 1.64 bits per heavy atom. The van der Waals surface area contributed by atoms with Crippen LogP contribution in [0.1, 0.15) is 27.7 Å². The van der Waals surface area contributed by atoms with Crippen LogP contribution in [0.3, 0.4) is 0 Å². The second kappa shape index (κ2) is 3.11. The molecule has 0 aliphatic heterocycles. The minimum absolute atomic E-state index is 0.178. The molecule has 0 saturated heterocycles. The van der Waals surface area contributed by atoms with E-state index in [0.29, 0.717) is 0 Å². The summed E-state index contributed by atoms with van der Waals surface area (Å²) < 4.78 is 26.3. The summed E-state index contributed by atoms with van der Waals surface area (Å²) in [4.78, 5) is 0. The van der Waals surface area contributed by atoms with Crippen LogP contribution in [-0.4, -0.2) is 20.3 Å². The third kappa shape index (κ3) is 4.37. The largest absolute Gasteiger partial charge is 0.264 e. The Morgan fingerprint density at radius 1 is 1.27 bits per heavy atom. The van der Waals surface area contributed by atoms with Crippen molar-refractivity contribution in [2.75, 3.05) is 6.26 Å². The summed E-state index contributed by atoms with van der Waals surface area (Å²) in [5.41, 5.74) is -0.604. The first-order valence-electron chi connectivity index (χ1n) is 3.56. The van der Waals surface area contributed by atoms with Crippen LogP contribution in [0, 0.1) is 5.92 Å². The van der Waals surface area contributed by atoms with E-state index in [0.717, 1.165) is 6.26 Å². The van der Waals surface area contributed by atoms with Crippen molar-refractivity contribution in [3.8, 4) is 0 Å². The lowest BCUT2D eigenvalue weighted by molar-refractivity contribution is 0.0687. The second-order valence-electron chi connectivity index (χ2n) is 3.55. The predicted octanol–water partition coefficient (Wildman–Crippen LogP) is 1.40. The van der Waals surface area contributed by atoms with E-state index in [1.807, 2.05) is 13.8 Å². The Balaban J connectivity index is 4.38. The molecule has 0 amide bonds. The summed E-state index contributed by atoms with van der Waals surface area (Å²) in [5.74, 6) is 0.178. The van der Waals surface area contributed by atoms with Gasteiger partial charge in [-0.2, -0.15) is 8.42 Å². The molecule has 0 aromatic heterocycles. The molecule has 0 fully saturated rings. The van der Waals surface area contributed by atoms with Gasteiger partial charge in [-0.15, -0.1) is 0 Å². The van der Waals surface area contributed by atoms with Gasteiger partial charge in [0.05, 0.1) is 11.9 Å². The minimum atomic E-state index is -3.33. The summed E-state index contributed by atoms with van der Waals surface area (Å²) in [6.07, 6.45) is 1.07. The smallest absolute Gasteiger partial charge is 0.264 e. The fourth-order valence-corrected chi connectivity index (χ4v) is 1.46. The van der Waals surface area contributed by atoms with Crippen LogP contribution in [0.5, 0.6) is 0 Å². The van der Waals surface area contributed by atoms with E-state index in [4.69, 9.17) is 4.18 Å². The molecule has 3 nitrogen and oxygen atoms in total. The average molecular weight is 180 g/mol. The van der Waals surface area contributed by atoms with Crippen molar-refractivity contribution in [2.45, 2.75) is 33.3 Å². The molecule has 68 valence electrons. The quantitative estimate of drug-likeness (QED) is 0.616. The maximum absolute atomic E-state index is 10.7. The van der Waals surface area contributed by atoms with E-state index in [-0.39, 0.29) is 5.92 Å². The van der Waals surface area contributed by atoms with E-state index >= 15 is 0 Å². The molecule has 0 saturated carbocycles. The van der Waals surface area contributed by atoms with Gasteiger partial charge in [-0.1, -0.05) is 13.8 Å². The first-order chi connectivity index (χ1) is 4.65. The van der Waals surface area contributed by atoms with Crippen LogP contribution in [0.2, 0.25) is 0 Å². The summed E-state index contributed by atoms with van der Waals surface area (Å²) in [6, 6.07) is 0. The minimum Gasteiger partial charge on any atom is -0.264 e. The van der Waals surface area contributed by atoms with Crippen LogP contribution in [-0.2, 0) is 14.3 Å². The van der Waals surface area contributed by atoms with Crippen molar-refractivity contribution >= 4 is 10.1 Å². The molecule has 0 unspecified atom stereocenters. The number of hydrogen-bond acceptors (Lipinski definition) is 3. The zero-order valence-corrected chi connectivity index (χ0v) is 8.53. The lowest BCUT2D eigenvalue weighted by Crippen LogP contribution is -2.33.